The van der Waals surface area contributed by atoms with E-state index in [1.54, 1.807) is 6.20 Å². The summed E-state index contributed by atoms with van der Waals surface area (Å²) in [4.78, 5) is 11.9. The number of rotatable bonds is 4. The molecule has 2 heterocycles. The van der Waals surface area contributed by atoms with Gasteiger partial charge in [0.25, 0.3) is 5.56 Å². The van der Waals surface area contributed by atoms with Gasteiger partial charge in [-0.15, -0.1) is 0 Å². The van der Waals surface area contributed by atoms with E-state index >= 15 is 0 Å². The average Bonchev–Trinajstić information content (AvgIpc) is 2.72. The molecule has 7 heteroatoms. The van der Waals surface area contributed by atoms with Crippen molar-refractivity contribution in [3.8, 4) is 0 Å². The lowest BCUT2D eigenvalue weighted by Gasteiger charge is -2.26. The Morgan fingerprint density at radius 2 is 2.47 bits per heavy atom. The summed E-state index contributed by atoms with van der Waals surface area (Å²) in [6.45, 7) is 5.10. The second-order valence-corrected chi connectivity index (χ2v) is 5.51. The van der Waals surface area contributed by atoms with Crippen molar-refractivity contribution < 1.29 is 9.84 Å². The summed E-state index contributed by atoms with van der Waals surface area (Å²) in [5, 5.41) is 17.5. The van der Waals surface area contributed by atoms with E-state index in [9.17, 15) is 9.90 Å². The lowest BCUT2D eigenvalue weighted by atomic mass is 9.97. The Kier molecular flexibility index (Phi) is 4.27. The number of nitrogens with zero attached hydrogens (tertiary/aromatic N) is 2. The molecule has 2 unspecified atom stereocenters. The molecule has 0 aromatic carbocycles. The topological polar surface area (TPSA) is 76.4 Å². The Bertz CT molecular complexity index is 519. The minimum Gasteiger partial charge on any atom is -0.385 e. The number of hydrogen-bond acceptors (Lipinski definition) is 5. The Labute approximate surface area is 119 Å². The van der Waals surface area contributed by atoms with Crippen LogP contribution in [0.4, 0.5) is 5.69 Å². The maximum absolute atomic E-state index is 11.9. The molecule has 1 aromatic rings. The fraction of sp³-hybridized carbons (Fsp3) is 0.667. The van der Waals surface area contributed by atoms with E-state index in [-0.39, 0.29) is 11.7 Å². The average molecular weight is 332 g/mol. The number of halogens is 1. The van der Waals surface area contributed by atoms with Gasteiger partial charge < -0.3 is 15.2 Å². The molecule has 1 aliphatic rings. The van der Waals surface area contributed by atoms with Crippen molar-refractivity contribution in [3.63, 3.8) is 0 Å². The minimum atomic E-state index is -0.904. The van der Waals surface area contributed by atoms with Crippen LogP contribution >= 0.6 is 15.9 Å². The Morgan fingerprint density at radius 1 is 1.74 bits per heavy atom. The first-order chi connectivity index (χ1) is 8.98. The molecule has 0 aliphatic carbocycles. The molecule has 6 nitrogen and oxygen atoms in total. The van der Waals surface area contributed by atoms with Gasteiger partial charge in [0.1, 0.15) is 10.1 Å². The molecular weight excluding hydrogens is 314 g/mol. The fourth-order valence-electron chi connectivity index (χ4n) is 2.06. The molecule has 0 bridgehead atoms. The fourth-order valence-corrected chi connectivity index (χ4v) is 2.51. The first kappa shape index (κ1) is 14.5. The Morgan fingerprint density at radius 3 is 3.05 bits per heavy atom. The second-order valence-electron chi connectivity index (χ2n) is 4.71. The third-order valence-electron chi connectivity index (χ3n) is 3.53. The van der Waals surface area contributed by atoms with Crippen molar-refractivity contribution in [2.75, 3.05) is 18.5 Å². The maximum Gasteiger partial charge on any atom is 0.283 e. The zero-order valence-electron chi connectivity index (χ0n) is 11.0. The monoisotopic (exact) mass is 331 g/mol. The number of nitrogens with one attached hydrogen (secondary N) is 1. The number of ether oxygens (including phenoxy) is 1. The lowest BCUT2D eigenvalue weighted by molar-refractivity contribution is -0.0176. The highest BCUT2D eigenvalue weighted by atomic mass is 79.9. The third kappa shape index (κ3) is 2.82. The summed E-state index contributed by atoms with van der Waals surface area (Å²) in [5.74, 6) is 0. The van der Waals surface area contributed by atoms with Gasteiger partial charge in [0, 0.05) is 26.1 Å². The van der Waals surface area contributed by atoms with E-state index in [2.05, 4.69) is 26.3 Å². The van der Waals surface area contributed by atoms with Crippen molar-refractivity contribution in [2.45, 2.75) is 38.5 Å². The molecule has 1 aliphatic heterocycles. The van der Waals surface area contributed by atoms with Gasteiger partial charge in [-0.2, -0.15) is 5.10 Å². The first-order valence-corrected chi connectivity index (χ1v) is 7.10. The van der Waals surface area contributed by atoms with Crippen molar-refractivity contribution in [3.05, 3.63) is 21.0 Å². The molecule has 0 saturated carbocycles. The molecule has 19 heavy (non-hydrogen) atoms. The SMILES string of the molecule is CCn1ncc(NCC2(O)CCOC2C)c(Br)c1=O. The third-order valence-corrected chi connectivity index (χ3v) is 4.30. The van der Waals surface area contributed by atoms with Crippen LogP contribution in [0.1, 0.15) is 20.3 Å². The summed E-state index contributed by atoms with van der Waals surface area (Å²) in [7, 11) is 0. The Balaban J connectivity index is 2.12. The van der Waals surface area contributed by atoms with Gasteiger partial charge in [-0.3, -0.25) is 4.79 Å². The van der Waals surface area contributed by atoms with E-state index in [1.165, 1.54) is 4.68 Å². The van der Waals surface area contributed by atoms with Gasteiger partial charge in [-0.1, -0.05) is 0 Å². The summed E-state index contributed by atoms with van der Waals surface area (Å²) < 4.78 is 7.16. The van der Waals surface area contributed by atoms with E-state index in [4.69, 9.17) is 4.74 Å². The molecule has 2 rings (SSSR count). The molecule has 106 valence electrons. The van der Waals surface area contributed by atoms with Crippen LogP contribution in [-0.2, 0) is 11.3 Å². The van der Waals surface area contributed by atoms with Crippen molar-refractivity contribution >= 4 is 21.6 Å². The number of anilines is 1. The van der Waals surface area contributed by atoms with Crippen LogP contribution in [0.25, 0.3) is 0 Å². The van der Waals surface area contributed by atoms with Crippen molar-refractivity contribution in [1.82, 2.24) is 9.78 Å². The van der Waals surface area contributed by atoms with E-state index in [0.29, 0.717) is 36.3 Å². The van der Waals surface area contributed by atoms with Gasteiger partial charge in [0.05, 0.1) is 18.0 Å². The van der Waals surface area contributed by atoms with E-state index < -0.39 is 5.60 Å². The minimum absolute atomic E-state index is 0.185. The van der Waals surface area contributed by atoms with E-state index in [1.807, 2.05) is 13.8 Å². The largest absolute Gasteiger partial charge is 0.385 e. The summed E-state index contributed by atoms with van der Waals surface area (Å²) >= 11 is 3.27. The maximum atomic E-state index is 11.9. The standard InChI is InChI=1S/C12H18BrN3O3/c1-3-16-11(17)10(13)9(6-15-16)14-7-12(18)4-5-19-8(12)2/h6,8,14,18H,3-5,7H2,1-2H3. The number of aromatic nitrogens is 2. The van der Waals surface area contributed by atoms with E-state index in [0.717, 1.165) is 0 Å². The van der Waals surface area contributed by atoms with Crippen LogP contribution in [0.5, 0.6) is 0 Å². The quantitative estimate of drug-likeness (QED) is 0.860. The smallest absolute Gasteiger partial charge is 0.283 e. The summed E-state index contributed by atoms with van der Waals surface area (Å²) in [6.07, 6.45) is 1.94. The zero-order chi connectivity index (χ0) is 14.0. The molecule has 1 saturated heterocycles. The van der Waals surface area contributed by atoms with Gasteiger partial charge >= 0.3 is 0 Å². The molecule has 0 amide bonds. The number of hydrogen-bond donors (Lipinski definition) is 2. The van der Waals surface area contributed by atoms with Crippen LogP contribution in [0.3, 0.4) is 0 Å². The predicted molar refractivity (Wildman–Crippen MR) is 75.3 cm³/mol. The molecular formula is C12H18BrN3O3. The van der Waals surface area contributed by atoms with Crippen molar-refractivity contribution in [1.29, 1.82) is 0 Å². The normalized spacial score (nSPS) is 26.6. The van der Waals surface area contributed by atoms with Gasteiger partial charge in [-0.05, 0) is 29.8 Å². The molecule has 0 spiro atoms. The van der Waals surface area contributed by atoms with Crippen LogP contribution in [0.2, 0.25) is 0 Å². The molecule has 0 radical (unpaired) electrons. The molecule has 1 fully saturated rings. The Hall–Kier alpha value is -0.920. The highest BCUT2D eigenvalue weighted by Crippen LogP contribution is 2.26. The number of aryl methyl sites for hydroxylation is 1. The van der Waals surface area contributed by atoms with Crippen molar-refractivity contribution in [2.24, 2.45) is 0 Å². The molecule has 1 aromatic heterocycles. The number of aliphatic hydroxyl groups is 1. The second kappa shape index (κ2) is 5.60. The summed E-state index contributed by atoms with van der Waals surface area (Å²) in [5.41, 5.74) is -0.503. The van der Waals surface area contributed by atoms with Crippen LogP contribution in [0.15, 0.2) is 15.5 Å². The van der Waals surface area contributed by atoms with Gasteiger partial charge in [0.15, 0.2) is 0 Å². The highest BCUT2D eigenvalue weighted by molar-refractivity contribution is 9.10. The van der Waals surface area contributed by atoms with Crippen LogP contribution in [-0.4, -0.2) is 39.7 Å². The zero-order valence-corrected chi connectivity index (χ0v) is 12.6. The summed E-state index contributed by atoms with van der Waals surface area (Å²) in [6, 6.07) is 0. The van der Waals surface area contributed by atoms with Crippen LogP contribution in [0, 0.1) is 0 Å². The van der Waals surface area contributed by atoms with Gasteiger partial charge in [0.2, 0.25) is 0 Å². The predicted octanol–water partition coefficient (Wildman–Crippen LogP) is 0.977. The molecule has 2 atom stereocenters. The molecule has 2 N–H and O–H groups in total. The van der Waals surface area contributed by atoms with Gasteiger partial charge in [-0.25, -0.2) is 4.68 Å². The lowest BCUT2D eigenvalue weighted by Crippen LogP contribution is -2.43. The van der Waals surface area contributed by atoms with Crippen LogP contribution < -0.4 is 10.9 Å². The highest BCUT2D eigenvalue weighted by Gasteiger charge is 2.39. The first-order valence-electron chi connectivity index (χ1n) is 6.31.